The van der Waals surface area contributed by atoms with Gasteiger partial charge < -0.3 is 15.0 Å². The molecule has 1 N–H and O–H groups in total. The van der Waals surface area contributed by atoms with Crippen LogP contribution < -0.4 is 5.32 Å². The second-order valence-electron chi connectivity index (χ2n) is 4.59. The second-order valence-corrected chi connectivity index (χ2v) is 4.59. The molecule has 88 valence electrons. The minimum atomic E-state index is 0.633. The SMILES string of the molecule is CN1CCOCC1CCN1CCNCC1. The van der Waals surface area contributed by atoms with Crippen LogP contribution in [-0.4, -0.2) is 75.4 Å². The predicted molar refractivity (Wildman–Crippen MR) is 61.2 cm³/mol. The Hall–Kier alpha value is -0.160. The predicted octanol–water partition coefficient (Wildman–Crippen LogP) is -0.388. The maximum absolute atomic E-state index is 5.52. The Kier molecular flexibility index (Phi) is 4.38. The van der Waals surface area contributed by atoms with Crippen molar-refractivity contribution in [3.8, 4) is 0 Å². The van der Waals surface area contributed by atoms with Crippen molar-refractivity contribution in [1.82, 2.24) is 15.1 Å². The molecule has 2 saturated heterocycles. The summed E-state index contributed by atoms with van der Waals surface area (Å²) in [4.78, 5) is 4.99. The first-order valence-corrected chi connectivity index (χ1v) is 6.07. The molecule has 15 heavy (non-hydrogen) atoms. The molecule has 2 fully saturated rings. The average molecular weight is 213 g/mol. The van der Waals surface area contributed by atoms with Crippen LogP contribution in [0.3, 0.4) is 0 Å². The molecule has 0 aliphatic carbocycles. The molecule has 0 spiro atoms. The van der Waals surface area contributed by atoms with Gasteiger partial charge in [-0.05, 0) is 20.0 Å². The van der Waals surface area contributed by atoms with Crippen LogP contribution in [0.25, 0.3) is 0 Å². The monoisotopic (exact) mass is 213 g/mol. The summed E-state index contributed by atoms with van der Waals surface area (Å²) in [6.07, 6.45) is 1.25. The van der Waals surface area contributed by atoms with Gasteiger partial charge in [0.1, 0.15) is 0 Å². The Bertz CT molecular complexity index is 183. The minimum absolute atomic E-state index is 0.633. The third kappa shape index (κ3) is 3.41. The Morgan fingerprint density at radius 2 is 2.07 bits per heavy atom. The molecule has 2 aliphatic heterocycles. The van der Waals surface area contributed by atoms with Gasteiger partial charge in [0.15, 0.2) is 0 Å². The Morgan fingerprint density at radius 1 is 1.27 bits per heavy atom. The van der Waals surface area contributed by atoms with Crippen LogP contribution in [0.15, 0.2) is 0 Å². The highest BCUT2D eigenvalue weighted by Crippen LogP contribution is 2.09. The van der Waals surface area contributed by atoms with Gasteiger partial charge >= 0.3 is 0 Å². The van der Waals surface area contributed by atoms with E-state index in [1.807, 2.05) is 0 Å². The molecule has 0 radical (unpaired) electrons. The topological polar surface area (TPSA) is 27.7 Å². The minimum Gasteiger partial charge on any atom is -0.378 e. The molecular formula is C11H23N3O. The fourth-order valence-corrected chi connectivity index (χ4v) is 2.31. The van der Waals surface area contributed by atoms with E-state index in [0.29, 0.717) is 6.04 Å². The zero-order chi connectivity index (χ0) is 10.5. The summed E-state index contributed by atoms with van der Waals surface area (Å²) in [6.45, 7) is 8.85. The number of piperazine rings is 1. The highest BCUT2D eigenvalue weighted by molar-refractivity contribution is 4.75. The van der Waals surface area contributed by atoms with Crippen LogP contribution in [0.5, 0.6) is 0 Å². The normalized spacial score (nSPS) is 30.6. The van der Waals surface area contributed by atoms with Crippen molar-refractivity contribution in [2.24, 2.45) is 0 Å². The van der Waals surface area contributed by atoms with E-state index in [1.54, 1.807) is 0 Å². The number of ether oxygens (including phenoxy) is 1. The first-order valence-electron chi connectivity index (χ1n) is 6.07. The molecule has 1 unspecified atom stereocenters. The summed E-state index contributed by atoms with van der Waals surface area (Å²) < 4.78 is 5.52. The van der Waals surface area contributed by atoms with E-state index in [4.69, 9.17) is 4.74 Å². The summed E-state index contributed by atoms with van der Waals surface area (Å²) in [5.74, 6) is 0. The van der Waals surface area contributed by atoms with Gasteiger partial charge in [0.25, 0.3) is 0 Å². The van der Waals surface area contributed by atoms with E-state index in [0.717, 1.165) is 32.8 Å². The summed E-state index contributed by atoms with van der Waals surface area (Å²) in [5, 5.41) is 3.38. The Balaban J connectivity index is 1.67. The van der Waals surface area contributed by atoms with Gasteiger partial charge in [0.05, 0.1) is 13.2 Å². The van der Waals surface area contributed by atoms with Crippen molar-refractivity contribution < 1.29 is 4.74 Å². The fourth-order valence-electron chi connectivity index (χ4n) is 2.31. The van der Waals surface area contributed by atoms with E-state index in [1.165, 1.54) is 26.1 Å². The van der Waals surface area contributed by atoms with Gasteiger partial charge in [0.2, 0.25) is 0 Å². The van der Waals surface area contributed by atoms with Crippen LogP contribution >= 0.6 is 0 Å². The maximum atomic E-state index is 5.52. The number of hydrogen-bond acceptors (Lipinski definition) is 4. The number of morpholine rings is 1. The lowest BCUT2D eigenvalue weighted by atomic mass is 10.1. The lowest BCUT2D eigenvalue weighted by Gasteiger charge is -2.35. The van der Waals surface area contributed by atoms with Gasteiger partial charge in [-0.25, -0.2) is 0 Å². The molecule has 2 aliphatic rings. The number of nitrogens with one attached hydrogen (secondary N) is 1. The highest BCUT2D eigenvalue weighted by Gasteiger charge is 2.20. The number of rotatable bonds is 3. The summed E-state index contributed by atoms with van der Waals surface area (Å²) in [6, 6.07) is 0.633. The summed E-state index contributed by atoms with van der Waals surface area (Å²) in [7, 11) is 2.21. The third-order valence-electron chi connectivity index (χ3n) is 3.51. The van der Waals surface area contributed by atoms with Crippen LogP contribution in [-0.2, 0) is 4.74 Å². The molecule has 2 heterocycles. The van der Waals surface area contributed by atoms with Crippen molar-refractivity contribution in [2.45, 2.75) is 12.5 Å². The molecule has 4 nitrogen and oxygen atoms in total. The van der Waals surface area contributed by atoms with Crippen molar-refractivity contribution >= 4 is 0 Å². The molecule has 1 atom stereocenters. The quantitative estimate of drug-likeness (QED) is 0.691. The smallest absolute Gasteiger partial charge is 0.0622 e. The van der Waals surface area contributed by atoms with E-state index in [2.05, 4.69) is 22.2 Å². The maximum Gasteiger partial charge on any atom is 0.0622 e. The summed E-state index contributed by atoms with van der Waals surface area (Å²) in [5.41, 5.74) is 0. The van der Waals surface area contributed by atoms with Crippen LogP contribution in [0.1, 0.15) is 6.42 Å². The molecule has 0 saturated carbocycles. The molecule has 0 amide bonds. The number of hydrogen-bond donors (Lipinski definition) is 1. The molecule has 0 aromatic carbocycles. The first kappa shape index (κ1) is 11.3. The van der Waals surface area contributed by atoms with Crippen molar-refractivity contribution in [1.29, 1.82) is 0 Å². The van der Waals surface area contributed by atoms with E-state index < -0.39 is 0 Å². The third-order valence-corrected chi connectivity index (χ3v) is 3.51. The Labute approximate surface area is 92.6 Å². The van der Waals surface area contributed by atoms with E-state index in [9.17, 15) is 0 Å². The van der Waals surface area contributed by atoms with Crippen molar-refractivity contribution in [3.63, 3.8) is 0 Å². The van der Waals surface area contributed by atoms with Gasteiger partial charge in [0, 0.05) is 38.8 Å². The van der Waals surface area contributed by atoms with Gasteiger partial charge in [-0.1, -0.05) is 0 Å². The Morgan fingerprint density at radius 3 is 2.80 bits per heavy atom. The second kappa shape index (κ2) is 5.80. The summed E-state index contributed by atoms with van der Waals surface area (Å²) >= 11 is 0. The molecule has 0 aromatic rings. The van der Waals surface area contributed by atoms with E-state index >= 15 is 0 Å². The van der Waals surface area contributed by atoms with Crippen LogP contribution in [0.2, 0.25) is 0 Å². The lowest BCUT2D eigenvalue weighted by molar-refractivity contribution is -0.000717. The van der Waals surface area contributed by atoms with Crippen LogP contribution in [0, 0.1) is 0 Å². The number of nitrogens with zero attached hydrogens (tertiary/aromatic N) is 2. The molecule has 2 rings (SSSR count). The molecule has 0 bridgehead atoms. The average Bonchev–Trinajstić information content (AvgIpc) is 2.29. The molecule has 0 aromatic heterocycles. The largest absolute Gasteiger partial charge is 0.378 e. The zero-order valence-corrected chi connectivity index (χ0v) is 9.74. The van der Waals surface area contributed by atoms with Crippen molar-refractivity contribution in [3.05, 3.63) is 0 Å². The highest BCUT2D eigenvalue weighted by atomic mass is 16.5. The zero-order valence-electron chi connectivity index (χ0n) is 9.74. The van der Waals surface area contributed by atoms with Crippen molar-refractivity contribution in [2.75, 3.05) is 59.5 Å². The fraction of sp³-hybridized carbons (Fsp3) is 1.00. The number of likely N-dealkylation sites (N-methyl/N-ethyl adjacent to an activating group) is 1. The first-order chi connectivity index (χ1) is 7.36. The standard InChI is InChI=1S/C11H23N3O/c1-13-8-9-15-10-11(13)2-5-14-6-3-12-4-7-14/h11-12H,2-10H2,1H3. The van der Waals surface area contributed by atoms with E-state index in [-0.39, 0.29) is 0 Å². The van der Waals surface area contributed by atoms with Gasteiger partial charge in [-0.3, -0.25) is 4.90 Å². The lowest BCUT2D eigenvalue weighted by Crippen LogP contribution is -2.47. The van der Waals surface area contributed by atoms with Gasteiger partial charge in [-0.15, -0.1) is 0 Å². The van der Waals surface area contributed by atoms with Crippen LogP contribution in [0.4, 0.5) is 0 Å². The molecular weight excluding hydrogens is 190 g/mol. The molecule has 4 heteroatoms. The van der Waals surface area contributed by atoms with Gasteiger partial charge in [-0.2, -0.15) is 0 Å².